The normalized spacial score (nSPS) is 23.0. The topological polar surface area (TPSA) is 89.0 Å². The van der Waals surface area contributed by atoms with Gasteiger partial charge in [-0.15, -0.1) is 0 Å². The summed E-state index contributed by atoms with van der Waals surface area (Å²) in [6, 6.07) is 15.1. The summed E-state index contributed by atoms with van der Waals surface area (Å²) >= 11 is 0. The predicted molar refractivity (Wildman–Crippen MR) is 185 cm³/mol. The molecule has 1 saturated carbocycles. The number of carbonyl (C=O) groups excluding carboxylic acids is 1. The average Bonchev–Trinajstić information content (AvgIpc) is 3.87. The van der Waals surface area contributed by atoms with Crippen molar-refractivity contribution in [2.45, 2.75) is 103 Å². The monoisotopic (exact) mass is 668 g/mol. The van der Waals surface area contributed by atoms with Gasteiger partial charge in [0.1, 0.15) is 23.8 Å². The molecule has 0 spiro atoms. The number of likely N-dealkylation sites (tertiary alicyclic amines) is 1. The number of hydrogen-bond acceptors (Lipinski definition) is 6. The van der Waals surface area contributed by atoms with E-state index in [0.717, 1.165) is 93.8 Å². The van der Waals surface area contributed by atoms with Crippen molar-refractivity contribution in [2.24, 2.45) is 10.9 Å². The third-order valence-electron chi connectivity index (χ3n) is 10.6. The van der Waals surface area contributed by atoms with Crippen LogP contribution in [0.3, 0.4) is 0 Å². The lowest BCUT2D eigenvalue weighted by Crippen LogP contribution is -2.46. The predicted octanol–water partition coefficient (Wildman–Crippen LogP) is 9.33. The van der Waals surface area contributed by atoms with Gasteiger partial charge in [-0.3, -0.25) is 9.89 Å². The van der Waals surface area contributed by atoms with Crippen LogP contribution in [0.2, 0.25) is 0 Å². The van der Waals surface area contributed by atoms with Gasteiger partial charge in [0.05, 0.1) is 30.2 Å². The number of rotatable bonds is 6. The Balaban J connectivity index is 1.01. The van der Waals surface area contributed by atoms with Gasteiger partial charge in [0.2, 0.25) is 0 Å². The van der Waals surface area contributed by atoms with Crippen LogP contribution in [0.15, 0.2) is 53.7 Å². The van der Waals surface area contributed by atoms with Crippen molar-refractivity contribution in [2.75, 3.05) is 6.61 Å². The Kier molecular flexibility index (Phi) is 7.97. The lowest BCUT2D eigenvalue weighted by molar-refractivity contribution is -0.137. The number of nitrogens with one attached hydrogen (secondary N) is 1. The highest BCUT2D eigenvalue weighted by atomic mass is 19.3. The summed E-state index contributed by atoms with van der Waals surface area (Å²) in [4.78, 5) is 28.3. The van der Waals surface area contributed by atoms with Crippen molar-refractivity contribution in [3.8, 4) is 28.1 Å². The summed E-state index contributed by atoms with van der Waals surface area (Å²) in [5, 5.41) is 2.26. The number of hydrogen-bond donors (Lipinski definition) is 1. The second kappa shape index (κ2) is 12.2. The van der Waals surface area contributed by atoms with Gasteiger partial charge >= 0.3 is 12.7 Å². The fourth-order valence-corrected chi connectivity index (χ4v) is 8.20. The van der Waals surface area contributed by atoms with E-state index in [1.54, 1.807) is 0 Å². The van der Waals surface area contributed by atoms with Gasteiger partial charge < -0.3 is 19.2 Å². The highest BCUT2D eigenvalue weighted by molar-refractivity contribution is 6.06. The van der Waals surface area contributed by atoms with Gasteiger partial charge in [-0.2, -0.15) is 8.78 Å². The first-order chi connectivity index (χ1) is 23.5. The van der Waals surface area contributed by atoms with Crippen molar-refractivity contribution in [3.05, 3.63) is 65.6 Å². The molecule has 4 atom stereocenters. The Morgan fingerprint density at radius 1 is 1.08 bits per heavy atom. The van der Waals surface area contributed by atoms with Crippen molar-refractivity contribution < 1.29 is 27.8 Å². The number of imidazole rings is 1. The summed E-state index contributed by atoms with van der Waals surface area (Å²) in [5.41, 5.74) is 7.88. The third kappa shape index (κ3) is 6.09. The third-order valence-corrected chi connectivity index (χ3v) is 10.6. The number of ether oxygens (including phenoxy) is 3. The molecule has 256 valence electrons. The maximum absolute atomic E-state index is 13.2. The molecule has 3 aromatic carbocycles. The number of aliphatic imine (C=N–C) groups is 1. The molecule has 0 bridgehead atoms. The molecule has 4 aliphatic rings. The highest BCUT2D eigenvalue weighted by Crippen LogP contribution is 2.45. The van der Waals surface area contributed by atoms with Gasteiger partial charge in [-0.25, -0.2) is 9.78 Å². The largest absolute Gasteiger partial charge is 0.488 e. The van der Waals surface area contributed by atoms with Gasteiger partial charge in [-0.05, 0) is 123 Å². The lowest BCUT2D eigenvalue weighted by Gasteiger charge is -2.31. The van der Waals surface area contributed by atoms with Crippen molar-refractivity contribution in [1.82, 2.24) is 14.9 Å². The molecule has 8 rings (SSSR count). The number of amides is 1. The maximum Gasteiger partial charge on any atom is 0.411 e. The van der Waals surface area contributed by atoms with Crippen molar-refractivity contribution >= 4 is 28.3 Å². The van der Waals surface area contributed by atoms with Crippen LogP contribution in [-0.2, 0) is 22.5 Å². The number of H-pyrrole nitrogens is 1. The minimum Gasteiger partial charge on any atom is -0.488 e. The first-order valence-corrected chi connectivity index (χ1v) is 17.4. The summed E-state index contributed by atoms with van der Waals surface area (Å²) in [6.07, 6.45) is 6.65. The van der Waals surface area contributed by atoms with Crippen LogP contribution in [0, 0.1) is 5.92 Å². The van der Waals surface area contributed by atoms with Crippen LogP contribution in [0.25, 0.3) is 33.2 Å². The number of halogens is 2. The van der Waals surface area contributed by atoms with Crippen LogP contribution < -0.4 is 4.74 Å². The maximum atomic E-state index is 13.2. The van der Waals surface area contributed by atoms with Gasteiger partial charge in [-0.1, -0.05) is 18.2 Å². The van der Waals surface area contributed by atoms with E-state index < -0.39 is 12.2 Å². The molecule has 4 aromatic rings. The summed E-state index contributed by atoms with van der Waals surface area (Å²) in [7, 11) is 0. The minimum absolute atomic E-state index is 0.0733. The summed E-state index contributed by atoms with van der Waals surface area (Å²) < 4.78 is 41.7. The lowest BCUT2D eigenvalue weighted by atomic mass is 9.91. The molecule has 1 aliphatic carbocycles. The molecule has 8 nitrogen and oxygen atoms in total. The van der Waals surface area contributed by atoms with Crippen LogP contribution in [0.1, 0.15) is 82.7 Å². The number of benzene rings is 3. The molecule has 1 amide bonds. The summed E-state index contributed by atoms with van der Waals surface area (Å²) in [5.74, 6) is 2.11. The molecule has 2 fully saturated rings. The Labute approximate surface area is 284 Å². The molecule has 49 heavy (non-hydrogen) atoms. The number of aromatic amines is 1. The molecular weight excluding hydrogens is 626 g/mol. The first-order valence-electron chi connectivity index (χ1n) is 17.4. The van der Waals surface area contributed by atoms with Crippen LogP contribution in [0.4, 0.5) is 19.3 Å². The molecule has 1 saturated heterocycles. The molecule has 0 radical (unpaired) electrons. The van der Waals surface area contributed by atoms with Crippen LogP contribution in [-0.4, -0.2) is 57.6 Å². The number of aromatic nitrogens is 2. The smallest absolute Gasteiger partial charge is 0.411 e. The van der Waals surface area contributed by atoms with Crippen molar-refractivity contribution in [3.63, 3.8) is 0 Å². The quantitative estimate of drug-likeness (QED) is 0.221. The molecule has 10 heteroatoms. The average molecular weight is 669 g/mol. The second-order valence-electron chi connectivity index (χ2n) is 15.1. The van der Waals surface area contributed by atoms with Crippen molar-refractivity contribution in [1.29, 1.82) is 0 Å². The van der Waals surface area contributed by atoms with E-state index in [0.29, 0.717) is 13.0 Å². The Morgan fingerprint density at radius 3 is 2.76 bits per heavy atom. The zero-order valence-electron chi connectivity index (χ0n) is 28.4. The molecule has 3 aliphatic heterocycles. The number of nitrogens with zero attached hydrogens (tertiary/aromatic N) is 3. The van der Waals surface area contributed by atoms with E-state index in [4.69, 9.17) is 14.5 Å². The number of alkyl halides is 2. The SMILES string of the molecule is C[C@H]1CC[C@@H](C2=Nc3ccc4cc5c(cc4c3C2)OCc2cc(-c3cnc([C@H]4CC[C@@H](COC(F)F)C4)[nH]3)ccc2-5)N1C(=O)OC(C)(C)C. The van der Waals surface area contributed by atoms with E-state index in [2.05, 4.69) is 64.1 Å². The summed E-state index contributed by atoms with van der Waals surface area (Å²) in [6.45, 7) is 5.62. The van der Waals surface area contributed by atoms with E-state index >= 15 is 0 Å². The van der Waals surface area contributed by atoms with Gasteiger partial charge in [0.15, 0.2) is 0 Å². The van der Waals surface area contributed by atoms with Gasteiger partial charge in [0, 0.05) is 29.7 Å². The highest BCUT2D eigenvalue weighted by Gasteiger charge is 2.41. The fraction of sp³-hybridized carbons (Fsp3) is 0.462. The Morgan fingerprint density at radius 2 is 1.94 bits per heavy atom. The first kappa shape index (κ1) is 31.9. The second-order valence-corrected chi connectivity index (χ2v) is 15.1. The number of fused-ring (bicyclic) bond motifs is 6. The fourth-order valence-electron chi connectivity index (χ4n) is 8.20. The van der Waals surface area contributed by atoms with E-state index in [-0.39, 0.29) is 36.6 Å². The molecule has 4 heterocycles. The Hall–Kier alpha value is -4.31. The van der Waals surface area contributed by atoms with Gasteiger partial charge in [0.25, 0.3) is 0 Å². The van der Waals surface area contributed by atoms with Crippen LogP contribution >= 0.6 is 0 Å². The van der Waals surface area contributed by atoms with E-state index in [1.165, 1.54) is 5.56 Å². The molecule has 1 aromatic heterocycles. The van der Waals surface area contributed by atoms with E-state index in [9.17, 15) is 13.6 Å². The standard InChI is InChI=1S/C39H42F2N4O4/c1-21-5-12-34(45(21)38(46)49-39(2,3)4)32-16-29-28-17-35-30(15-23(28)9-11-31(29)43-32)27-10-8-24(14-26(27)20-47-35)33-18-42-36(44-33)25-7-6-22(13-25)19-48-37(40)41/h8-11,14-15,17-18,21-22,25,34,37H,5-7,12-13,16,19-20H2,1-4H3,(H,42,44)/t21-,22+,25-,34-/m0/s1. The van der Waals surface area contributed by atoms with Crippen LogP contribution in [0.5, 0.6) is 5.75 Å². The zero-order chi connectivity index (χ0) is 34.0. The van der Waals surface area contributed by atoms with E-state index in [1.807, 2.05) is 31.9 Å². The zero-order valence-corrected chi connectivity index (χ0v) is 28.4. The molecular formula is C39H42F2N4O4. The molecule has 1 N–H and O–H groups in total. The minimum atomic E-state index is -2.72. The molecule has 0 unspecified atom stereocenters. The number of carbonyl (C=O) groups is 1. The Bertz CT molecular complexity index is 1960.